The highest BCUT2D eigenvalue weighted by atomic mass is 35.5. The minimum Gasteiger partial charge on any atom is -0.497 e. The molecule has 0 unspecified atom stereocenters. The smallest absolute Gasteiger partial charge is 0.119 e. The van der Waals surface area contributed by atoms with E-state index in [2.05, 4.69) is 6.07 Å². The fourth-order valence-corrected chi connectivity index (χ4v) is 2.55. The Morgan fingerprint density at radius 2 is 2.06 bits per heavy atom. The van der Waals surface area contributed by atoms with Gasteiger partial charge in [0.1, 0.15) is 5.75 Å². The second-order valence-corrected chi connectivity index (χ2v) is 5.28. The van der Waals surface area contributed by atoms with Gasteiger partial charge in [0.05, 0.1) is 17.8 Å². The van der Waals surface area contributed by atoms with Crippen molar-refractivity contribution < 1.29 is 4.74 Å². The summed E-state index contributed by atoms with van der Waals surface area (Å²) >= 11 is 7.63. The van der Waals surface area contributed by atoms with E-state index in [9.17, 15) is 0 Å². The predicted octanol–water partition coefficient (Wildman–Crippen LogP) is 4.22. The molecule has 0 aliphatic rings. The number of anilines is 1. The summed E-state index contributed by atoms with van der Waals surface area (Å²) in [7, 11) is 1.67. The predicted molar refractivity (Wildman–Crippen MR) is 78.4 cm³/mol. The Hall–Kier alpha value is -1.32. The molecule has 0 bridgehead atoms. The fourth-order valence-electron chi connectivity index (χ4n) is 1.54. The van der Waals surface area contributed by atoms with Crippen LogP contribution in [-0.2, 0) is 5.75 Å². The number of hydrogen-bond donors (Lipinski definition) is 1. The van der Waals surface area contributed by atoms with Gasteiger partial charge in [-0.3, -0.25) is 0 Å². The molecule has 0 fully saturated rings. The molecule has 18 heavy (non-hydrogen) atoms. The molecule has 0 heterocycles. The van der Waals surface area contributed by atoms with E-state index < -0.39 is 0 Å². The number of ether oxygens (including phenoxy) is 1. The van der Waals surface area contributed by atoms with Crippen molar-refractivity contribution in [1.82, 2.24) is 0 Å². The zero-order valence-corrected chi connectivity index (χ0v) is 11.6. The molecule has 0 spiro atoms. The van der Waals surface area contributed by atoms with Gasteiger partial charge in [0.2, 0.25) is 0 Å². The largest absolute Gasteiger partial charge is 0.497 e. The molecule has 2 aromatic rings. The molecule has 0 atom stereocenters. The summed E-state index contributed by atoms with van der Waals surface area (Å²) in [6.07, 6.45) is 0. The molecule has 2 rings (SSSR count). The van der Waals surface area contributed by atoms with Crippen molar-refractivity contribution in [1.29, 1.82) is 0 Å². The Morgan fingerprint density at radius 1 is 1.22 bits per heavy atom. The third-order valence-corrected chi connectivity index (χ3v) is 3.92. The highest BCUT2D eigenvalue weighted by molar-refractivity contribution is 7.98. The lowest BCUT2D eigenvalue weighted by atomic mass is 10.2. The topological polar surface area (TPSA) is 35.2 Å². The van der Waals surface area contributed by atoms with E-state index in [0.29, 0.717) is 10.7 Å². The molecule has 2 aromatic carbocycles. The average molecular weight is 280 g/mol. The lowest BCUT2D eigenvalue weighted by molar-refractivity contribution is 0.413. The third-order valence-electron chi connectivity index (χ3n) is 2.51. The minimum atomic E-state index is 0.602. The fraction of sp³-hybridized carbons (Fsp3) is 0.143. The second kappa shape index (κ2) is 6.03. The Morgan fingerprint density at radius 3 is 2.78 bits per heavy atom. The van der Waals surface area contributed by atoms with Crippen LogP contribution >= 0.6 is 23.4 Å². The molecule has 0 aromatic heterocycles. The number of halogens is 1. The van der Waals surface area contributed by atoms with E-state index in [4.69, 9.17) is 22.1 Å². The van der Waals surface area contributed by atoms with Gasteiger partial charge >= 0.3 is 0 Å². The van der Waals surface area contributed by atoms with Crippen molar-refractivity contribution in [2.45, 2.75) is 10.6 Å². The van der Waals surface area contributed by atoms with E-state index >= 15 is 0 Å². The van der Waals surface area contributed by atoms with Crippen LogP contribution in [0.2, 0.25) is 5.02 Å². The summed E-state index contributed by atoms with van der Waals surface area (Å²) in [6, 6.07) is 13.7. The summed E-state index contributed by atoms with van der Waals surface area (Å²) < 4.78 is 5.19. The molecule has 0 saturated heterocycles. The number of hydrogen-bond acceptors (Lipinski definition) is 3. The van der Waals surface area contributed by atoms with E-state index in [1.807, 2.05) is 36.4 Å². The van der Waals surface area contributed by atoms with Crippen LogP contribution < -0.4 is 10.5 Å². The Bertz CT molecular complexity index is 545. The molecular formula is C14H14ClNOS. The maximum absolute atomic E-state index is 5.89. The lowest BCUT2D eigenvalue weighted by Gasteiger charge is -2.06. The van der Waals surface area contributed by atoms with Crippen LogP contribution in [0.4, 0.5) is 5.69 Å². The number of nitrogens with two attached hydrogens (primary N) is 1. The van der Waals surface area contributed by atoms with Crippen molar-refractivity contribution in [2.75, 3.05) is 12.8 Å². The highest BCUT2D eigenvalue weighted by Gasteiger charge is 2.01. The molecule has 0 aliphatic heterocycles. The highest BCUT2D eigenvalue weighted by Crippen LogP contribution is 2.28. The van der Waals surface area contributed by atoms with Crippen LogP contribution in [0, 0.1) is 0 Å². The van der Waals surface area contributed by atoms with Gasteiger partial charge in [-0.25, -0.2) is 0 Å². The van der Waals surface area contributed by atoms with Gasteiger partial charge in [-0.15, -0.1) is 11.8 Å². The first-order valence-corrected chi connectivity index (χ1v) is 6.86. The van der Waals surface area contributed by atoms with Crippen molar-refractivity contribution in [2.24, 2.45) is 0 Å². The number of methoxy groups -OCH3 is 1. The molecule has 4 heteroatoms. The SMILES string of the molecule is COc1cccc(SCc2ccc(Cl)c(N)c2)c1. The number of nitrogen functional groups attached to an aromatic ring is 1. The van der Waals surface area contributed by atoms with Gasteiger partial charge in [0.15, 0.2) is 0 Å². The van der Waals surface area contributed by atoms with Gasteiger partial charge in [-0.05, 0) is 35.9 Å². The second-order valence-electron chi connectivity index (χ2n) is 3.82. The van der Waals surface area contributed by atoms with Gasteiger partial charge in [0.25, 0.3) is 0 Å². The first-order valence-electron chi connectivity index (χ1n) is 5.50. The maximum atomic E-state index is 5.89. The van der Waals surface area contributed by atoms with Gasteiger partial charge in [-0.2, -0.15) is 0 Å². The van der Waals surface area contributed by atoms with Gasteiger partial charge in [0, 0.05) is 10.6 Å². The standard InChI is InChI=1S/C14H14ClNOS/c1-17-11-3-2-4-12(8-11)18-9-10-5-6-13(15)14(16)7-10/h2-8H,9,16H2,1H3. The Balaban J connectivity index is 2.04. The summed E-state index contributed by atoms with van der Waals surface area (Å²) in [6.45, 7) is 0. The maximum Gasteiger partial charge on any atom is 0.119 e. The first-order chi connectivity index (χ1) is 8.69. The first kappa shape index (κ1) is 13.1. The van der Waals surface area contributed by atoms with Crippen LogP contribution in [0.1, 0.15) is 5.56 Å². The molecule has 0 saturated carbocycles. The molecular weight excluding hydrogens is 266 g/mol. The third kappa shape index (κ3) is 3.34. The average Bonchev–Trinajstić information content (AvgIpc) is 2.40. The van der Waals surface area contributed by atoms with Crippen molar-refractivity contribution >= 4 is 29.1 Å². The normalized spacial score (nSPS) is 10.3. The molecule has 0 radical (unpaired) electrons. The van der Waals surface area contributed by atoms with Crippen molar-refractivity contribution in [3.8, 4) is 5.75 Å². The quantitative estimate of drug-likeness (QED) is 0.672. The van der Waals surface area contributed by atoms with Crippen LogP contribution in [0.5, 0.6) is 5.75 Å². The summed E-state index contributed by atoms with van der Waals surface area (Å²) in [4.78, 5) is 1.17. The molecule has 2 nitrogen and oxygen atoms in total. The Labute approximate surface area is 116 Å². The van der Waals surface area contributed by atoms with Crippen molar-refractivity contribution in [3.05, 3.63) is 53.1 Å². The zero-order chi connectivity index (χ0) is 13.0. The number of thioether (sulfide) groups is 1. The van der Waals surface area contributed by atoms with E-state index in [1.54, 1.807) is 18.9 Å². The molecule has 2 N–H and O–H groups in total. The van der Waals surface area contributed by atoms with Crippen LogP contribution in [0.25, 0.3) is 0 Å². The summed E-state index contributed by atoms with van der Waals surface area (Å²) in [5, 5.41) is 0.602. The summed E-state index contributed by atoms with van der Waals surface area (Å²) in [5.41, 5.74) is 7.56. The molecule has 0 amide bonds. The number of rotatable bonds is 4. The zero-order valence-electron chi connectivity index (χ0n) is 10.0. The van der Waals surface area contributed by atoms with Gasteiger partial charge < -0.3 is 10.5 Å². The molecule has 94 valence electrons. The van der Waals surface area contributed by atoms with E-state index in [0.717, 1.165) is 17.1 Å². The minimum absolute atomic E-state index is 0.602. The van der Waals surface area contributed by atoms with E-state index in [1.165, 1.54) is 4.90 Å². The Kier molecular flexibility index (Phi) is 4.39. The van der Waals surface area contributed by atoms with Crippen LogP contribution in [0.15, 0.2) is 47.4 Å². The summed E-state index contributed by atoms with van der Waals surface area (Å²) in [5.74, 6) is 1.73. The van der Waals surface area contributed by atoms with Crippen LogP contribution in [0.3, 0.4) is 0 Å². The number of benzene rings is 2. The van der Waals surface area contributed by atoms with E-state index in [-0.39, 0.29) is 0 Å². The van der Waals surface area contributed by atoms with Crippen LogP contribution in [-0.4, -0.2) is 7.11 Å². The van der Waals surface area contributed by atoms with Crippen molar-refractivity contribution in [3.63, 3.8) is 0 Å². The lowest BCUT2D eigenvalue weighted by Crippen LogP contribution is -1.89. The molecule has 0 aliphatic carbocycles. The monoisotopic (exact) mass is 279 g/mol. The van der Waals surface area contributed by atoms with Gasteiger partial charge in [-0.1, -0.05) is 23.7 Å².